The van der Waals surface area contributed by atoms with Gasteiger partial charge in [0.2, 0.25) is 0 Å². The van der Waals surface area contributed by atoms with E-state index in [1.54, 1.807) is 6.92 Å². The summed E-state index contributed by atoms with van der Waals surface area (Å²) in [6.45, 7) is 3.41. The van der Waals surface area contributed by atoms with E-state index in [9.17, 15) is 9.18 Å². The second-order valence-electron chi connectivity index (χ2n) is 4.82. The third-order valence-electron chi connectivity index (χ3n) is 3.35. The fraction of sp³-hybridized carbons (Fsp3) is 0.500. The Morgan fingerprint density at radius 3 is 3.00 bits per heavy atom. The molecule has 1 fully saturated rings. The summed E-state index contributed by atoms with van der Waals surface area (Å²) in [6.07, 6.45) is 3.52. The van der Waals surface area contributed by atoms with Crippen LogP contribution in [0.5, 0.6) is 0 Å². The topological polar surface area (TPSA) is 41.1 Å². The molecule has 0 radical (unpaired) electrons. The molecule has 1 saturated heterocycles. The first-order chi connectivity index (χ1) is 8.66. The summed E-state index contributed by atoms with van der Waals surface area (Å²) < 4.78 is 12.9. The lowest BCUT2D eigenvalue weighted by Gasteiger charge is -2.23. The minimum atomic E-state index is -0.307. The highest BCUT2D eigenvalue weighted by Crippen LogP contribution is 2.10. The first-order valence-electron chi connectivity index (χ1n) is 6.44. The second-order valence-corrected chi connectivity index (χ2v) is 4.82. The Kier molecular flexibility index (Phi) is 4.31. The summed E-state index contributed by atoms with van der Waals surface area (Å²) in [4.78, 5) is 12.0. The van der Waals surface area contributed by atoms with Crippen LogP contribution in [0.3, 0.4) is 0 Å². The molecule has 1 aromatic carbocycles. The molecule has 1 amide bonds. The number of nitrogens with one attached hydrogen (secondary N) is 2. The molecule has 0 aliphatic carbocycles. The van der Waals surface area contributed by atoms with Gasteiger partial charge in [-0.25, -0.2) is 4.39 Å². The normalized spacial score (nSPS) is 19.6. The van der Waals surface area contributed by atoms with Gasteiger partial charge >= 0.3 is 0 Å². The molecule has 2 rings (SSSR count). The van der Waals surface area contributed by atoms with Crippen molar-refractivity contribution in [3.63, 3.8) is 0 Å². The van der Waals surface area contributed by atoms with E-state index in [0.29, 0.717) is 23.7 Å². The fourth-order valence-corrected chi connectivity index (χ4v) is 2.29. The Bertz CT molecular complexity index is 428. The van der Waals surface area contributed by atoms with Crippen molar-refractivity contribution >= 4 is 5.91 Å². The van der Waals surface area contributed by atoms with Crippen LogP contribution in [0.25, 0.3) is 0 Å². The van der Waals surface area contributed by atoms with Gasteiger partial charge in [0.05, 0.1) is 0 Å². The number of carbonyl (C=O) groups is 1. The highest BCUT2D eigenvalue weighted by molar-refractivity contribution is 5.95. The van der Waals surface area contributed by atoms with Crippen molar-refractivity contribution < 1.29 is 9.18 Å². The van der Waals surface area contributed by atoms with Crippen molar-refractivity contribution in [2.24, 2.45) is 0 Å². The Hall–Kier alpha value is -1.42. The quantitative estimate of drug-likeness (QED) is 0.861. The van der Waals surface area contributed by atoms with Crippen LogP contribution in [0.15, 0.2) is 18.2 Å². The molecule has 0 bridgehead atoms. The van der Waals surface area contributed by atoms with Crippen molar-refractivity contribution in [3.8, 4) is 0 Å². The molecule has 1 atom stereocenters. The molecule has 1 aliphatic heterocycles. The van der Waals surface area contributed by atoms with Gasteiger partial charge in [0.1, 0.15) is 5.82 Å². The molecule has 1 aromatic rings. The highest BCUT2D eigenvalue weighted by Gasteiger charge is 2.15. The Morgan fingerprint density at radius 1 is 1.50 bits per heavy atom. The van der Waals surface area contributed by atoms with Gasteiger partial charge < -0.3 is 10.6 Å². The summed E-state index contributed by atoms with van der Waals surface area (Å²) in [5.74, 6) is -0.433. The maximum atomic E-state index is 12.9. The number of aryl methyl sites for hydroxylation is 1. The molecule has 98 valence electrons. The number of hydrogen-bond acceptors (Lipinski definition) is 2. The second kappa shape index (κ2) is 5.96. The van der Waals surface area contributed by atoms with Crippen LogP contribution in [0.2, 0.25) is 0 Å². The van der Waals surface area contributed by atoms with Crippen LogP contribution in [-0.2, 0) is 0 Å². The minimum absolute atomic E-state index is 0.125. The van der Waals surface area contributed by atoms with Crippen molar-refractivity contribution in [1.82, 2.24) is 10.6 Å². The maximum absolute atomic E-state index is 12.9. The highest BCUT2D eigenvalue weighted by atomic mass is 19.1. The zero-order valence-electron chi connectivity index (χ0n) is 10.6. The smallest absolute Gasteiger partial charge is 0.251 e. The lowest BCUT2D eigenvalue weighted by atomic mass is 10.0. The average molecular weight is 250 g/mol. The molecule has 0 spiro atoms. The van der Waals surface area contributed by atoms with Crippen LogP contribution >= 0.6 is 0 Å². The maximum Gasteiger partial charge on any atom is 0.251 e. The Balaban J connectivity index is 1.90. The van der Waals surface area contributed by atoms with Crippen LogP contribution in [0.4, 0.5) is 4.39 Å². The summed E-state index contributed by atoms with van der Waals surface area (Å²) in [5.41, 5.74) is 1.22. The third-order valence-corrected chi connectivity index (χ3v) is 3.35. The summed E-state index contributed by atoms with van der Waals surface area (Å²) >= 11 is 0. The number of rotatable bonds is 3. The summed E-state index contributed by atoms with van der Waals surface area (Å²) in [6, 6.07) is 4.60. The van der Waals surface area contributed by atoms with Gasteiger partial charge in [0.25, 0.3) is 5.91 Å². The predicted octanol–water partition coefficient (Wildman–Crippen LogP) is 2.01. The molecular weight excluding hydrogens is 231 g/mol. The number of carbonyl (C=O) groups excluding carboxylic acids is 1. The molecule has 1 unspecified atom stereocenters. The van der Waals surface area contributed by atoms with Gasteiger partial charge in [0.15, 0.2) is 0 Å². The van der Waals surface area contributed by atoms with E-state index in [2.05, 4.69) is 10.6 Å². The van der Waals surface area contributed by atoms with Gasteiger partial charge in [-0.15, -0.1) is 0 Å². The largest absolute Gasteiger partial charge is 0.350 e. The van der Waals surface area contributed by atoms with Crippen LogP contribution in [0, 0.1) is 12.7 Å². The van der Waals surface area contributed by atoms with Gasteiger partial charge in [-0.2, -0.15) is 0 Å². The molecule has 1 heterocycles. The monoisotopic (exact) mass is 250 g/mol. The first-order valence-corrected chi connectivity index (χ1v) is 6.44. The van der Waals surface area contributed by atoms with E-state index in [1.165, 1.54) is 31.0 Å². The molecular formula is C14H19FN2O. The van der Waals surface area contributed by atoms with E-state index in [1.807, 2.05) is 0 Å². The standard InChI is InChI=1S/C14H19FN2O/c1-10-8-11(15)5-6-13(10)14(18)17-9-12-4-2-3-7-16-12/h5-6,8,12,16H,2-4,7,9H2,1H3,(H,17,18). The average Bonchev–Trinajstić information content (AvgIpc) is 2.37. The van der Waals surface area contributed by atoms with Gasteiger partial charge in [-0.1, -0.05) is 6.42 Å². The molecule has 0 aromatic heterocycles. The van der Waals surface area contributed by atoms with E-state index in [4.69, 9.17) is 0 Å². The van der Waals surface area contributed by atoms with Crippen molar-refractivity contribution in [3.05, 3.63) is 35.1 Å². The molecule has 3 nitrogen and oxygen atoms in total. The van der Waals surface area contributed by atoms with Crippen LogP contribution in [0.1, 0.15) is 35.2 Å². The Labute approximate surface area is 107 Å². The molecule has 18 heavy (non-hydrogen) atoms. The predicted molar refractivity (Wildman–Crippen MR) is 69.1 cm³/mol. The van der Waals surface area contributed by atoms with Gasteiger partial charge in [-0.3, -0.25) is 4.79 Å². The van der Waals surface area contributed by atoms with Gasteiger partial charge in [0, 0.05) is 18.2 Å². The Morgan fingerprint density at radius 2 is 2.33 bits per heavy atom. The van der Waals surface area contributed by atoms with Crippen LogP contribution in [-0.4, -0.2) is 25.0 Å². The number of halogens is 1. The number of piperidine rings is 1. The molecule has 1 aliphatic rings. The van der Waals surface area contributed by atoms with E-state index in [0.717, 1.165) is 13.0 Å². The van der Waals surface area contributed by atoms with E-state index < -0.39 is 0 Å². The fourth-order valence-electron chi connectivity index (χ4n) is 2.29. The number of benzene rings is 1. The number of hydrogen-bond donors (Lipinski definition) is 2. The summed E-state index contributed by atoms with van der Waals surface area (Å²) in [5, 5.41) is 6.28. The lowest BCUT2D eigenvalue weighted by Crippen LogP contribution is -2.43. The minimum Gasteiger partial charge on any atom is -0.350 e. The molecule has 0 saturated carbocycles. The SMILES string of the molecule is Cc1cc(F)ccc1C(=O)NCC1CCCCN1. The zero-order chi connectivity index (χ0) is 13.0. The third kappa shape index (κ3) is 3.29. The van der Waals surface area contributed by atoms with Gasteiger partial charge in [-0.05, 0) is 50.1 Å². The van der Waals surface area contributed by atoms with E-state index in [-0.39, 0.29) is 11.7 Å². The van der Waals surface area contributed by atoms with Crippen molar-refractivity contribution in [2.75, 3.05) is 13.1 Å². The van der Waals surface area contributed by atoms with Crippen LogP contribution < -0.4 is 10.6 Å². The lowest BCUT2D eigenvalue weighted by molar-refractivity contribution is 0.0947. The summed E-state index contributed by atoms with van der Waals surface area (Å²) in [7, 11) is 0. The number of amides is 1. The van der Waals surface area contributed by atoms with Crippen molar-refractivity contribution in [1.29, 1.82) is 0 Å². The zero-order valence-corrected chi connectivity index (χ0v) is 10.6. The van der Waals surface area contributed by atoms with Crippen molar-refractivity contribution in [2.45, 2.75) is 32.2 Å². The van der Waals surface area contributed by atoms with E-state index >= 15 is 0 Å². The first kappa shape index (κ1) is 13.0. The molecule has 2 N–H and O–H groups in total. The molecule has 4 heteroatoms.